The molecule has 0 N–H and O–H groups in total. The fourth-order valence-electron chi connectivity index (χ4n) is 0.988. The minimum atomic E-state index is 0. The van der Waals surface area contributed by atoms with Crippen LogP contribution in [0.3, 0.4) is 0 Å². The lowest BCUT2D eigenvalue weighted by atomic mass is 9.87. The molecule has 0 unspecified atom stereocenters. The first kappa shape index (κ1) is 6.09. The smallest absolute Gasteiger partial charge is 0.0111 e. The molecule has 0 heterocycles. The van der Waals surface area contributed by atoms with Crippen molar-refractivity contribution in [3.8, 4) is 11.1 Å². The number of benzene rings is 1. The van der Waals surface area contributed by atoms with E-state index >= 15 is 0 Å². The number of hydrogen-bond acceptors (Lipinski definition) is 0. The highest BCUT2D eigenvalue weighted by Crippen LogP contribution is 2.36. The summed E-state index contributed by atoms with van der Waals surface area (Å²) in [4.78, 5) is 0. The summed E-state index contributed by atoms with van der Waals surface area (Å²) in [6, 6.07) is 6.37. The molecular weight excluding hydrogens is 108 g/mol. The van der Waals surface area contributed by atoms with Crippen molar-refractivity contribution in [1.82, 2.24) is 0 Å². The molecule has 2 rings (SSSR count). The third-order valence-electron chi connectivity index (χ3n) is 1.58. The molecule has 0 aliphatic heterocycles. The van der Waals surface area contributed by atoms with Crippen LogP contribution in [0.5, 0.6) is 0 Å². The third-order valence-corrected chi connectivity index (χ3v) is 1.58. The van der Waals surface area contributed by atoms with E-state index in [2.05, 4.69) is 24.8 Å². The largest absolute Gasteiger partial charge is 0.0984 e. The highest BCUT2D eigenvalue weighted by atomic mass is 14.2. The molecule has 0 saturated carbocycles. The van der Waals surface area contributed by atoms with E-state index in [4.69, 9.17) is 0 Å². The topological polar surface area (TPSA) is 0 Å². The van der Waals surface area contributed by atoms with Gasteiger partial charge in [0.25, 0.3) is 0 Å². The van der Waals surface area contributed by atoms with E-state index in [9.17, 15) is 0 Å². The van der Waals surface area contributed by atoms with Crippen LogP contribution in [-0.2, 0) is 0 Å². The fourth-order valence-corrected chi connectivity index (χ4v) is 0.988. The minimum Gasteiger partial charge on any atom is -0.0984 e. The lowest BCUT2D eigenvalue weighted by Crippen LogP contribution is -1.93. The first-order chi connectivity index (χ1) is 3.92. The Morgan fingerprint density at radius 1 is 1.33 bits per heavy atom. The summed E-state index contributed by atoms with van der Waals surface area (Å²) in [5.74, 6) is 0. The summed E-state index contributed by atoms with van der Waals surface area (Å²) in [6.45, 7) is 3.67. The predicted molar refractivity (Wildman–Crippen MR) is 42.3 cm³/mol. The lowest BCUT2D eigenvalue weighted by Gasteiger charge is -2.17. The van der Waals surface area contributed by atoms with Gasteiger partial charge in [-0.15, -0.1) is 0 Å². The molecule has 0 nitrogen and oxygen atoms in total. The Labute approximate surface area is 55.8 Å². The number of rotatable bonds is 1. The number of hydrogen-bond donors (Lipinski definition) is 0. The SMILES string of the molecule is C.C=Cc1cc2ccc1-2. The number of fused-ring (bicyclic) bond motifs is 1. The maximum atomic E-state index is 3.67. The Balaban J connectivity index is 0.000000405. The third kappa shape index (κ3) is 0.531. The average Bonchev–Trinajstić information content (AvgIpc) is 1.76. The second-order valence-corrected chi connectivity index (χ2v) is 2.01. The first-order valence-corrected chi connectivity index (χ1v) is 2.68. The zero-order valence-corrected chi connectivity index (χ0v) is 4.52. The highest BCUT2D eigenvalue weighted by Gasteiger charge is 2.12. The Bertz CT molecular complexity index is 246. The summed E-state index contributed by atoms with van der Waals surface area (Å²) in [7, 11) is 0. The molecule has 0 atom stereocenters. The summed E-state index contributed by atoms with van der Waals surface area (Å²) >= 11 is 0. The van der Waals surface area contributed by atoms with E-state index in [1.807, 2.05) is 6.08 Å². The van der Waals surface area contributed by atoms with Crippen LogP contribution in [0.1, 0.15) is 13.0 Å². The minimum absolute atomic E-state index is 0. The van der Waals surface area contributed by atoms with Crippen LogP contribution in [0.25, 0.3) is 17.2 Å². The van der Waals surface area contributed by atoms with Gasteiger partial charge in [0.05, 0.1) is 0 Å². The second kappa shape index (κ2) is 1.73. The standard InChI is InChI=1S/C8H6.CH4/c1-2-6-5-7-3-4-8(6)7;/h2-5H,1H2;1H4. The van der Waals surface area contributed by atoms with Crippen LogP contribution in [0.2, 0.25) is 0 Å². The Morgan fingerprint density at radius 2 is 2.11 bits per heavy atom. The Morgan fingerprint density at radius 3 is 2.22 bits per heavy atom. The summed E-state index contributed by atoms with van der Waals surface area (Å²) in [5.41, 5.74) is 4.07. The van der Waals surface area contributed by atoms with Crippen molar-refractivity contribution in [3.05, 3.63) is 30.3 Å². The van der Waals surface area contributed by atoms with Gasteiger partial charge in [-0.25, -0.2) is 0 Å². The van der Waals surface area contributed by atoms with Crippen LogP contribution in [0.4, 0.5) is 0 Å². The van der Waals surface area contributed by atoms with Crippen LogP contribution < -0.4 is 0 Å². The molecule has 2 aliphatic carbocycles. The van der Waals surface area contributed by atoms with E-state index in [1.54, 1.807) is 0 Å². The van der Waals surface area contributed by atoms with Gasteiger partial charge in [0, 0.05) is 0 Å². The predicted octanol–water partition coefficient (Wildman–Crippen LogP) is 2.95. The van der Waals surface area contributed by atoms with Gasteiger partial charge < -0.3 is 0 Å². The van der Waals surface area contributed by atoms with Crippen molar-refractivity contribution >= 4 is 6.08 Å². The molecule has 0 aromatic rings. The van der Waals surface area contributed by atoms with Gasteiger partial charge >= 0.3 is 0 Å². The molecule has 0 aromatic carbocycles. The molecule has 0 aromatic heterocycles. The van der Waals surface area contributed by atoms with Crippen molar-refractivity contribution in [2.75, 3.05) is 0 Å². The molecule has 0 bridgehead atoms. The molecule has 46 valence electrons. The highest BCUT2D eigenvalue weighted by molar-refractivity contribution is 5.87. The van der Waals surface area contributed by atoms with Gasteiger partial charge in [0.2, 0.25) is 0 Å². The maximum absolute atomic E-state index is 3.67. The van der Waals surface area contributed by atoms with E-state index in [0.29, 0.717) is 0 Å². The van der Waals surface area contributed by atoms with Crippen LogP contribution >= 0.6 is 0 Å². The van der Waals surface area contributed by atoms with Gasteiger partial charge in [0.15, 0.2) is 0 Å². The maximum Gasteiger partial charge on any atom is -0.0111 e. The lowest BCUT2D eigenvalue weighted by molar-refractivity contribution is 1.51. The van der Waals surface area contributed by atoms with E-state index < -0.39 is 0 Å². The molecule has 0 fully saturated rings. The first-order valence-electron chi connectivity index (χ1n) is 2.68. The van der Waals surface area contributed by atoms with Crippen molar-refractivity contribution in [2.45, 2.75) is 7.43 Å². The second-order valence-electron chi connectivity index (χ2n) is 2.01. The Hall–Kier alpha value is -1.04. The van der Waals surface area contributed by atoms with Gasteiger partial charge in [-0.3, -0.25) is 0 Å². The fraction of sp³-hybridized carbons (Fsp3) is 0.111. The van der Waals surface area contributed by atoms with Gasteiger partial charge in [-0.1, -0.05) is 32.2 Å². The molecule has 0 saturated heterocycles. The van der Waals surface area contributed by atoms with Crippen LogP contribution in [0.15, 0.2) is 24.8 Å². The molecule has 2 aliphatic rings. The van der Waals surface area contributed by atoms with Crippen molar-refractivity contribution in [2.24, 2.45) is 0 Å². The average molecular weight is 118 g/mol. The molecule has 0 radical (unpaired) electrons. The van der Waals surface area contributed by atoms with E-state index in [0.717, 1.165) is 0 Å². The van der Waals surface area contributed by atoms with Crippen molar-refractivity contribution < 1.29 is 0 Å². The van der Waals surface area contributed by atoms with Crippen molar-refractivity contribution in [1.29, 1.82) is 0 Å². The van der Waals surface area contributed by atoms with Gasteiger partial charge in [-0.2, -0.15) is 0 Å². The van der Waals surface area contributed by atoms with Gasteiger partial charge in [0.1, 0.15) is 0 Å². The normalized spacial score (nSPS) is 9.78. The van der Waals surface area contributed by atoms with Crippen LogP contribution in [-0.4, -0.2) is 0 Å². The van der Waals surface area contributed by atoms with Crippen molar-refractivity contribution in [3.63, 3.8) is 0 Å². The zero-order valence-electron chi connectivity index (χ0n) is 4.52. The monoisotopic (exact) mass is 118 g/mol. The molecule has 9 heavy (non-hydrogen) atoms. The molecule has 0 heteroatoms. The summed E-state index contributed by atoms with van der Waals surface area (Å²) in [5, 5.41) is 0. The van der Waals surface area contributed by atoms with Crippen LogP contribution in [0, 0.1) is 0 Å². The zero-order chi connectivity index (χ0) is 5.56. The summed E-state index contributed by atoms with van der Waals surface area (Å²) < 4.78 is 0. The molecule has 0 amide bonds. The quantitative estimate of drug-likeness (QED) is 0.540. The van der Waals surface area contributed by atoms with E-state index in [-0.39, 0.29) is 7.43 Å². The van der Waals surface area contributed by atoms with E-state index in [1.165, 1.54) is 16.7 Å². The Kier molecular flexibility index (Phi) is 1.17. The van der Waals surface area contributed by atoms with Gasteiger partial charge in [-0.05, 0) is 22.8 Å². The molecular formula is C9H10. The molecule has 0 spiro atoms. The summed E-state index contributed by atoms with van der Waals surface area (Å²) in [6.07, 6.45) is 1.89.